The maximum absolute atomic E-state index is 5.25. The second-order valence-electron chi connectivity index (χ2n) is 5.54. The van der Waals surface area contributed by atoms with Crippen molar-refractivity contribution in [2.45, 2.75) is 31.7 Å². The van der Waals surface area contributed by atoms with E-state index in [4.69, 9.17) is 9.73 Å². The normalized spacial score (nSPS) is 27.1. The van der Waals surface area contributed by atoms with Crippen LogP contribution in [0.1, 0.15) is 24.8 Å². The molecule has 0 aromatic heterocycles. The van der Waals surface area contributed by atoms with Gasteiger partial charge in [0, 0.05) is 18.3 Å². The zero-order valence-electron chi connectivity index (χ0n) is 12.0. The van der Waals surface area contributed by atoms with Crippen LogP contribution in [0.3, 0.4) is 0 Å². The van der Waals surface area contributed by atoms with Crippen LogP contribution in [-0.2, 0) is 6.42 Å². The largest absolute Gasteiger partial charge is 0.497 e. The van der Waals surface area contributed by atoms with E-state index in [1.165, 1.54) is 30.6 Å². The number of fused-ring (bicyclic) bond motifs is 1. The number of amidine groups is 1. The van der Waals surface area contributed by atoms with Gasteiger partial charge in [0.2, 0.25) is 0 Å². The third kappa shape index (κ3) is 3.29. The molecular formula is C16H22N2OS. The number of rotatable bonds is 4. The standard InChI is InChI=1S/C16H22N2OS/c1-19-14-6-2-4-12(10-14)8-9-17-16-18-15-7-3-5-13(15)11-20-16/h2,4,6,10,13,15H,3,5,7-9,11H2,1H3,(H,17,18). The number of benzene rings is 1. The molecule has 0 bridgehead atoms. The van der Waals surface area contributed by atoms with Gasteiger partial charge in [0.25, 0.3) is 0 Å². The van der Waals surface area contributed by atoms with Crippen LogP contribution in [0.25, 0.3) is 0 Å². The van der Waals surface area contributed by atoms with Gasteiger partial charge in [-0.15, -0.1) is 0 Å². The fourth-order valence-corrected chi connectivity index (χ4v) is 4.21. The first kappa shape index (κ1) is 13.8. The van der Waals surface area contributed by atoms with E-state index in [1.54, 1.807) is 7.11 Å². The summed E-state index contributed by atoms with van der Waals surface area (Å²) in [7, 11) is 1.71. The molecular weight excluding hydrogens is 268 g/mol. The summed E-state index contributed by atoms with van der Waals surface area (Å²) in [5.41, 5.74) is 1.29. The molecule has 3 rings (SSSR count). The number of nitrogens with one attached hydrogen (secondary N) is 1. The number of thioether (sulfide) groups is 1. The van der Waals surface area contributed by atoms with E-state index in [-0.39, 0.29) is 0 Å². The molecule has 1 aromatic rings. The van der Waals surface area contributed by atoms with Gasteiger partial charge in [0.15, 0.2) is 5.17 Å². The van der Waals surface area contributed by atoms with Crippen LogP contribution in [0.15, 0.2) is 29.3 Å². The third-order valence-corrected chi connectivity index (χ3v) is 5.31. The average molecular weight is 290 g/mol. The molecule has 1 aromatic carbocycles. The lowest BCUT2D eigenvalue weighted by atomic mass is 10.1. The van der Waals surface area contributed by atoms with Gasteiger partial charge < -0.3 is 10.1 Å². The first-order valence-corrected chi connectivity index (χ1v) is 8.40. The minimum absolute atomic E-state index is 0.687. The molecule has 108 valence electrons. The Morgan fingerprint density at radius 1 is 1.40 bits per heavy atom. The summed E-state index contributed by atoms with van der Waals surface area (Å²) in [6.07, 6.45) is 5.05. The number of aliphatic imine (C=N–C) groups is 1. The predicted octanol–water partition coefficient (Wildman–Crippen LogP) is 3.10. The molecule has 1 aliphatic carbocycles. The molecule has 1 saturated heterocycles. The van der Waals surface area contributed by atoms with Crippen LogP contribution in [0.2, 0.25) is 0 Å². The second-order valence-corrected chi connectivity index (χ2v) is 6.55. The highest BCUT2D eigenvalue weighted by Crippen LogP contribution is 2.32. The van der Waals surface area contributed by atoms with E-state index in [0.717, 1.165) is 29.8 Å². The van der Waals surface area contributed by atoms with Crippen molar-refractivity contribution in [3.63, 3.8) is 0 Å². The highest BCUT2D eigenvalue weighted by Gasteiger charge is 2.31. The molecule has 2 fully saturated rings. The Bertz CT molecular complexity index is 489. The fourth-order valence-electron chi connectivity index (χ4n) is 3.02. The van der Waals surface area contributed by atoms with Crippen LogP contribution in [-0.4, -0.2) is 30.6 Å². The van der Waals surface area contributed by atoms with E-state index in [2.05, 4.69) is 17.4 Å². The number of hydrogen-bond acceptors (Lipinski definition) is 3. The molecule has 3 nitrogen and oxygen atoms in total. The summed E-state index contributed by atoms with van der Waals surface area (Å²) >= 11 is 1.90. The summed E-state index contributed by atoms with van der Waals surface area (Å²) in [6.45, 7) is 0.847. The number of nitrogens with zero attached hydrogens (tertiary/aromatic N) is 1. The molecule has 0 amide bonds. The van der Waals surface area contributed by atoms with Gasteiger partial charge in [0.05, 0.1) is 7.11 Å². The third-order valence-electron chi connectivity index (χ3n) is 4.19. The molecule has 0 radical (unpaired) electrons. The minimum Gasteiger partial charge on any atom is -0.497 e. The van der Waals surface area contributed by atoms with E-state index in [0.29, 0.717) is 6.04 Å². The summed E-state index contributed by atoms with van der Waals surface area (Å²) in [5.74, 6) is 3.04. The Kier molecular flexibility index (Phi) is 4.51. The molecule has 1 saturated carbocycles. The molecule has 2 unspecified atom stereocenters. The van der Waals surface area contributed by atoms with Crippen LogP contribution in [0.5, 0.6) is 5.75 Å². The fraction of sp³-hybridized carbons (Fsp3) is 0.562. The van der Waals surface area contributed by atoms with Crippen molar-refractivity contribution in [2.75, 3.05) is 19.4 Å². The quantitative estimate of drug-likeness (QED) is 0.925. The summed E-state index contributed by atoms with van der Waals surface area (Å²) in [4.78, 5) is 4.72. The predicted molar refractivity (Wildman–Crippen MR) is 85.7 cm³/mol. The Labute approximate surface area is 125 Å². The molecule has 20 heavy (non-hydrogen) atoms. The first-order valence-electron chi connectivity index (χ1n) is 7.42. The van der Waals surface area contributed by atoms with Gasteiger partial charge in [-0.25, -0.2) is 0 Å². The molecule has 1 N–H and O–H groups in total. The molecule has 0 spiro atoms. The van der Waals surface area contributed by atoms with Crippen molar-refractivity contribution < 1.29 is 4.74 Å². The van der Waals surface area contributed by atoms with Gasteiger partial charge in [-0.05, 0) is 42.9 Å². The van der Waals surface area contributed by atoms with Crippen molar-refractivity contribution >= 4 is 16.9 Å². The lowest BCUT2D eigenvalue weighted by molar-refractivity contribution is 0.414. The zero-order chi connectivity index (χ0) is 13.8. The molecule has 1 heterocycles. The topological polar surface area (TPSA) is 33.6 Å². The molecule has 2 aliphatic rings. The summed E-state index contributed by atoms with van der Waals surface area (Å²) in [5, 5.41) is 4.76. The molecule has 2 atom stereocenters. The number of methoxy groups -OCH3 is 1. The van der Waals surface area contributed by atoms with Crippen LogP contribution < -0.4 is 10.1 Å². The highest BCUT2D eigenvalue weighted by atomic mass is 32.2. The maximum Gasteiger partial charge on any atom is 0.156 e. The van der Waals surface area contributed by atoms with Crippen molar-refractivity contribution in [2.24, 2.45) is 10.9 Å². The summed E-state index contributed by atoms with van der Waals surface area (Å²) < 4.78 is 5.25. The zero-order valence-corrected chi connectivity index (χ0v) is 12.8. The Balaban J connectivity index is 1.52. The van der Waals surface area contributed by atoms with E-state index in [9.17, 15) is 0 Å². The van der Waals surface area contributed by atoms with Gasteiger partial charge in [-0.1, -0.05) is 30.3 Å². The number of ether oxygens (including phenoxy) is 1. The highest BCUT2D eigenvalue weighted by molar-refractivity contribution is 8.13. The SMILES string of the molecule is COc1cccc(CCN=C2NC3CCCC3CS2)c1. The average Bonchev–Trinajstić information content (AvgIpc) is 2.95. The van der Waals surface area contributed by atoms with E-state index < -0.39 is 0 Å². The van der Waals surface area contributed by atoms with Gasteiger partial charge >= 0.3 is 0 Å². The maximum atomic E-state index is 5.25. The van der Waals surface area contributed by atoms with Crippen LogP contribution >= 0.6 is 11.8 Å². The molecule has 4 heteroatoms. The monoisotopic (exact) mass is 290 g/mol. The van der Waals surface area contributed by atoms with E-state index in [1.807, 2.05) is 23.9 Å². The Morgan fingerprint density at radius 2 is 2.35 bits per heavy atom. The van der Waals surface area contributed by atoms with Gasteiger partial charge in [-0.2, -0.15) is 0 Å². The first-order chi connectivity index (χ1) is 9.85. The minimum atomic E-state index is 0.687. The van der Waals surface area contributed by atoms with Gasteiger partial charge in [0.1, 0.15) is 5.75 Å². The lowest BCUT2D eigenvalue weighted by Gasteiger charge is -2.28. The summed E-state index contributed by atoms with van der Waals surface area (Å²) in [6, 6.07) is 8.93. The number of hydrogen-bond donors (Lipinski definition) is 1. The lowest BCUT2D eigenvalue weighted by Crippen LogP contribution is -2.41. The Morgan fingerprint density at radius 3 is 3.25 bits per heavy atom. The van der Waals surface area contributed by atoms with Crippen molar-refractivity contribution in [3.05, 3.63) is 29.8 Å². The molecule has 1 aliphatic heterocycles. The second kappa shape index (κ2) is 6.53. The Hall–Kier alpha value is -1.16. The van der Waals surface area contributed by atoms with Gasteiger partial charge in [-0.3, -0.25) is 4.99 Å². The van der Waals surface area contributed by atoms with Crippen molar-refractivity contribution in [3.8, 4) is 5.75 Å². The van der Waals surface area contributed by atoms with Crippen LogP contribution in [0, 0.1) is 5.92 Å². The van der Waals surface area contributed by atoms with Crippen LogP contribution in [0.4, 0.5) is 0 Å². The van der Waals surface area contributed by atoms with E-state index >= 15 is 0 Å². The smallest absolute Gasteiger partial charge is 0.156 e. The van der Waals surface area contributed by atoms with Crippen molar-refractivity contribution in [1.82, 2.24) is 5.32 Å². The van der Waals surface area contributed by atoms with Crippen molar-refractivity contribution in [1.29, 1.82) is 0 Å².